The predicted octanol–water partition coefficient (Wildman–Crippen LogP) is 4.06. The largest absolute Gasteiger partial charge is 0.368 e. The van der Waals surface area contributed by atoms with Crippen LogP contribution in [0.3, 0.4) is 0 Å². The van der Waals surface area contributed by atoms with Gasteiger partial charge < -0.3 is 10.3 Å². The number of aryl methyl sites for hydroxylation is 2. The van der Waals surface area contributed by atoms with Crippen LogP contribution in [0.15, 0.2) is 18.6 Å². The fraction of sp³-hybridized carbons (Fsp3) is 0.500. The highest BCUT2D eigenvalue weighted by atomic mass is 32.2. The Kier molecular flexibility index (Phi) is 7.63. The molecule has 0 aliphatic rings. The van der Waals surface area contributed by atoms with Gasteiger partial charge in [0.15, 0.2) is 0 Å². The molecule has 0 spiro atoms. The summed E-state index contributed by atoms with van der Waals surface area (Å²) in [4.78, 5) is 11.8. The van der Waals surface area contributed by atoms with Crippen LogP contribution in [0, 0.1) is 18.3 Å². The van der Waals surface area contributed by atoms with Gasteiger partial charge in [-0.2, -0.15) is 17.0 Å². The molecule has 0 radical (unpaired) electrons. The summed E-state index contributed by atoms with van der Waals surface area (Å²) in [5.41, 5.74) is 4.01. The zero-order chi connectivity index (χ0) is 17.2. The van der Waals surface area contributed by atoms with Crippen molar-refractivity contribution in [3.8, 4) is 6.07 Å². The van der Waals surface area contributed by atoms with Gasteiger partial charge in [0.1, 0.15) is 11.9 Å². The summed E-state index contributed by atoms with van der Waals surface area (Å²) in [6, 6.07) is 4.21. The molecule has 0 saturated heterocycles. The molecule has 0 aliphatic heterocycles. The van der Waals surface area contributed by atoms with Crippen LogP contribution in [0.2, 0.25) is 0 Å². The SMILES string of the molecule is CCCCCc1cnc(NCCSCc2nc[nH]c2C)c(C#N)c1. The Hall–Kier alpha value is -2.00. The number of aromatic amines is 1. The molecule has 2 aromatic rings. The van der Waals surface area contributed by atoms with E-state index in [0.29, 0.717) is 11.4 Å². The zero-order valence-corrected chi connectivity index (χ0v) is 15.2. The van der Waals surface area contributed by atoms with Gasteiger partial charge in [-0.25, -0.2) is 9.97 Å². The number of imidazole rings is 1. The number of nitriles is 1. The number of nitrogens with zero attached hydrogens (tertiary/aromatic N) is 3. The molecule has 0 amide bonds. The van der Waals surface area contributed by atoms with Crippen molar-refractivity contribution in [3.63, 3.8) is 0 Å². The molecule has 2 heterocycles. The van der Waals surface area contributed by atoms with Gasteiger partial charge in [-0.15, -0.1) is 0 Å². The summed E-state index contributed by atoms with van der Waals surface area (Å²) < 4.78 is 0. The number of hydrogen-bond donors (Lipinski definition) is 2. The van der Waals surface area contributed by atoms with Gasteiger partial charge in [0.2, 0.25) is 0 Å². The third kappa shape index (κ3) is 5.57. The summed E-state index contributed by atoms with van der Waals surface area (Å²) in [6.07, 6.45) is 8.18. The van der Waals surface area contributed by atoms with Crippen LogP contribution in [0.5, 0.6) is 0 Å². The van der Waals surface area contributed by atoms with Crippen molar-refractivity contribution in [2.45, 2.75) is 45.3 Å². The van der Waals surface area contributed by atoms with Crippen LogP contribution in [0.1, 0.15) is 48.7 Å². The highest BCUT2D eigenvalue weighted by Gasteiger charge is 2.06. The fourth-order valence-electron chi connectivity index (χ4n) is 2.39. The average molecular weight is 344 g/mol. The molecule has 0 fully saturated rings. The number of unbranched alkanes of at least 4 members (excludes halogenated alkanes) is 2. The number of H-pyrrole nitrogens is 1. The van der Waals surface area contributed by atoms with Gasteiger partial charge in [-0.3, -0.25) is 0 Å². The van der Waals surface area contributed by atoms with Gasteiger partial charge in [-0.05, 0) is 31.4 Å². The molecule has 0 atom stereocenters. The van der Waals surface area contributed by atoms with E-state index in [1.54, 1.807) is 6.33 Å². The van der Waals surface area contributed by atoms with E-state index >= 15 is 0 Å². The molecule has 2 aromatic heterocycles. The molecule has 0 unspecified atom stereocenters. The van der Waals surface area contributed by atoms with Gasteiger partial charge >= 0.3 is 0 Å². The second-order valence-corrected chi connectivity index (χ2v) is 6.87. The van der Waals surface area contributed by atoms with E-state index in [1.165, 1.54) is 12.8 Å². The summed E-state index contributed by atoms with van der Waals surface area (Å²) in [5, 5.41) is 12.6. The third-order valence-electron chi connectivity index (χ3n) is 3.85. The summed E-state index contributed by atoms with van der Waals surface area (Å²) in [7, 11) is 0. The monoisotopic (exact) mass is 343 g/mol. The van der Waals surface area contributed by atoms with E-state index in [4.69, 9.17) is 0 Å². The lowest BCUT2D eigenvalue weighted by Crippen LogP contribution is -2.08. The number of anilines is 1. The Balaban J connectivity index is 1.77. The highest BCUT2D eigenvalue weighted by Crippen LogP contribution is 2.16. The predicted molar refractivity (Wildman–Crippen MR) is 100 cm³/mol. The van der Waals surface area contributed by atoms with Gasteiger partial charge in [0.25, 0.3) is 0 Å². The third-order valence-corrected chi connectivity index (χ3v) is 4.82. The number of thioether (sulfide) groups is 1. The maximum absolute atomic E-state index is 9.33. The van der Waals surface area contributed by atoms with Crippen molar-refractivity contribution in [3.05, 3.63) is 41.1 Å². The molecule has 24 heavy (non-hydrogen) atoms. The lowest BCUT2D eigenvalue weighted by atomic mass is 10.1. The molecule has 0 saturated carbocycles. The quantitative estimate of drug-likeness (QED) is 0.636. The molecule has 5 nitrogen and oxygen atoms in total. The lowest BCUT2D eigenvalue weighted by molar-refractivity contribution is 0.716. The second-order valence-electron chi connectivity index (χ2n) is 5.76. The number of pyridine rings is 1. The first-order chi connectivity index (χ1) is 11.7. The van der Waals surface area contributed by atoms with Gasteiger partial charge in [0, 0.05) is 29.9 Å². The number of nitrogens with one attached hydrogen (secondary N) is 2. The van der Waals surface area contributed by atoms with Crippen molar-refractivity contribution in [2.24, 2.45) is 0 Å². The zero-order valence-electron chi connectivity index (χ0n) is 14.4. The van der Waals surface area contributed by atoms with Crippen LogP contribution < -0.4 is 5.32 Å². The maximum Gasteiger partial charge on any atom is 0.143 e. The molecule has 0 aliphatic carbocycles. The van der Waals surface area contributed by atoms with Crippen LogP contribution in [-0.4, -0.2) is 27.2 Å². The Labute approximate surface area is 148 Å². The summed E-state index contributed by atoms with van der Waals surface area (Å²) >= 11 is 1.82. The Morgan fingerprint density at radius 2 is 2.21 bits per heavy atom. The van der Waals surface area contributed by atoms with E-state index in [9.17, 15) is 5.26 Å². The summed E-state index contributed by atoms with van der Waals surface area (Å²) in [5.74, 6) is 2.52. The minimum absolute atomic E-state index is 0.636. The number of aromatic nitrogens is 3. The van der Waals surface area contributed by atoms with Crippen LogP contribution in [-0.2, 0) is 12.2 Å². The molecule has 128 valence electrons. The van der Waals surface area contributed by atoms with Crippen molar-refractivity contribution >= 4 is 17.6 Å². The first-order valence-electron chi connectivity index (χ1n) is 8.44. The second kappa shape index (κ2) is 9.99. The molecule has 2 rings (SSSR count). The Bertz CT molecular complexity index is 674. The smallest absolute Gasteiger partial charge is 0.143 e. The standard InChI is InChI=1S/C18H25N5S/c1-3-4-5-6-15-9-16(10-19)18(21-11-15)20-7-8-24-12-17-14(2)22-13-23-17/h9,11,13H,3-8,12H2,1-2H3,(H,20,21)(H,22,23). The first kappa shape index (κ1) is 18.3. The normalized spacial score (nSPS) is 10.5. The van der Waals surface area contributed by atoms with E-state index in [0.717, 1.165) is 47.8 Å². The molecular formula is C18H25N5S. The van der Waals surface area contributed by atoms with E-state index in [-0.39, 0.29) is 0 Å². The molecule has 6 heteroatoms. The fourth-order valence-corrected chi connectivity index (χ4v) is 3.27. The van der Waals surface area contributed by atoms with Gasteiger partial charge in [0.05, 0.1) is 17.6 Å². The van der Waals surface area contributed by atoms with Crippen LogP contribution in [0.25, 0.3) is 0 Å². The van der Waals surface area contributed by atoms with E-state index in [1.807, 2.05) is 30.9 Å². The molecular weight excluding hydrogens is 318 g/mol. The minimum Gasteiger partial charge on any atom is -0.368 e. The van der Waals surface area contributed by atoms with Crippen molar-refractivity contribution in [1.29, 1.82) is 5.26 Å². The van der Waals surface area contributed by atoms with Crippen molar-refractivity contribution in [2.75, 3.05) is 17.6 Å². The highest BCUT2D eigenvalue weighted by molar-refractivity contribution is 7.98. The lowest BCUT2D eigenvalue weighted by Gasteiger charge is -2.09. The van der Waals surface area contributed by atoms with Crippen LogP contribution in [0.4, 0.5) is 5.82 Å². The Morgan fingerprint density at radius 3 is 2.92 bits per heavy atom. The molecule has 0 bridgehead atoms. The van der Waals surface area contributed by atoms with Gasteiger partial charge in [-0.1, -0.05) is 19.8 Å². The Morgan fingerprint density at radius 1 is 1.33 bits per heavy atom. The number of hydrogen-bond acceptors (Lipinski definition) is 5. The van der Waals surface area contributed by atoms with Crippen molar-refractivity contribution in [1.82, 2.24) is 15.0 Å². The van der Waals surface area contributed by atoms with Crippen molar-refractivity contribution < 1.29 is 0 Å². The molecule has 2 N–H and O–H groups in total. The summed E-state index contributed by atoms with van der Waals surface area (Å²) in [6.45, 7) is 5.01. The van der Waals surface area contributed by atoms with E-state index < -0.39 is 0 Å². The minimum atomic E-state index is 0.636. The van der Waals surface area contributed by atoms with Crippen LogP contribution >= 0.6 is 11.8 Å². The first-order valence-corrected chi connectivity index (χ1v) is 9.59. The molecule has 0 aromatic carbocycles. The average Bonchev–Trinajstić information content (AvgIpc) is 3.00. The maximum atomic E-state index is 9.33. The number of rotatable bonds is 10. The van der Waals surface area contributed by atoms with E-state index in [2.05, 4.69) is 33.3 Å². The topological polar surface area (TPSA) is 77.4 Å².